The van der Waals surface area contributed by atoms with Crippen LogP contribution in [-0.4, -0.2) is 34.8 Å². The lowest BCUT2D eigenvalue weighted by atomic mass is 9.93. The van der Waals surface area contributed by atoms with E-state index >= 15 is 0 Å². The second kappa shape index (κ2) is 6.91. The molecule has 1 fully saturated rings. The first kappa shape index (κ1) is 15.7. The molecule has 23 heavy (non-hydrogen) atoms. The third-order valence-electron chi connectivity index (χ3n) is 4.13. The molecule has 1 saturated heterocycles. The number of carbonyl (C=O) groups is 2. The van der Waals surface area contributed by atoms with Gasteiger partial charge in [0.05, 0.1) is 6.20 Å². The summed E-state index contributed by atoms with van der Waals surface area (Å²) in [6.07, 6.45) is 3.74. The molecule has 2 heterocycles. The minimum Gasteiger partial charge on any atom is -0.370 e. The van der Waals surface area contributed by atoms with E-state index in [2.05, 4.69) is 4.98 Å². The predicted octanol–water partition coefficient (Wildman–Crippen LogP) is 2.54. The number of amides is 2. The van der Waals surface area contributed by atoms with Crippen molar-refractivity contribution >= 4 is 23.2 Å². The summed E-state index contributed by atoms with van der Waals surface area (Å²) in [7, 11) is 0. The Hall–Kier alpha value is -2.21. The largest absolute Gasteiger partial charge is 0.370 e. The van der Waals surface area contributed by atoms with Gasteiger partial charge in [-0.2, -0.15) is 0 Å². The fraction of sp³-hybridized carbons (Fsp3) is 0.353. The van der Waals surface area contributed by atoms with Crippen molar-refractivity contribution in [3.8, 4) is 10.6 Å². The Morgan fingerprint density at radius 1 is 1.22 bits per heavy atom. The third-order valence-corrected chi connectivity index (χ3v) is 5.16. The first-order chi connectivity index (χ1) is 11.1. The highest BCUT2D eigenvalue weighted by Gasteiger charge is 2.25. The van der Waals surface area contributed by atoms with Gasteiger partial charge in [0.15, 0.2) is 0 Å². The van der Waals surface area contributed by atoms with Gasteiger partial charge in [-0.3, -0.25) is 9.59 Å². The normalized spacial score (nSPS) is 15.6. The summed E-state index contributed by atoms with van der Waals surface area (Å²) in [5.74, 6) is 0.0739. The van der Waals surface area contributed by atoms with Crippen LogP contribution < -0.4 is 5.73 Å². The molecule has 1 aliphatic heterocycles. The Morgan fingerprint density at radius 2 is 1.91 bits per heavy atom. The number of benzene rings is 1. The smallest absolute Gasteiger partial charge is 0.265 e. The molecule has 0 bridgehead atoms. The molecule has 2 aromatic rings. The molecule has 2 N–H and O–H groups in total. The maximum Gasteiger partial charge on any atom is 0.265 e. The van der Waals surface area contributed by atoms with Gasteiger partial charge in [-0.15, -0.1) is 11.3 Å². The van der Waals surface area contributed by atoms with Crippen LogP contribution >= 0.6 is 11.3 Å². The lowest BCUT2D eigenvalue weighted by molar-refractivity contribution is -0.119. The maximum absolute atomic E-state index is 12.6. The standard InChI is InChI=1S/C17H19N3O2S/c18-15(21)10-12-6-8-20(9-7-12)17(22)14-11-19-16(23-14)13-4-2-1-3-5-13/h1-5,11-12H,6-10H2,(H2,18,21). The van der Waals surface area contributed by atoms with Crippen molar-refractivity contribution < 1.29 is 9.59 Å². The van der Waals surface area contributed by atoms with E-state index in [0.717, 1.165) is 23.4 Å². The van der Waals surface area contributed by atoms with Gasteiger partial charge < -0.3 is 10.6 Å². The lowest BCUT2D eigenvalue weighted by Gasteiger charge is -2.31. The van der Waals surface area contributed by atoms with Gasteiger partial charge in [0.2, 0.25) is 5.91 Å². The zero-order chi connectivity index (χ0) is 16.2. The van der Waals surface area contributed by atoms with E-state index in [1.54, 1.807) is 6.20 Å². The zero-order valence-electron chi connectivity index (χ0n) is 12.8. The number of likely N-dealkylation sites (tertiary alicyclic amines) is 1. The summed E-state index contributed by atoms with van der Waals surface area (Å²) < 4.78 is 0. The van der Waals surface area contributed by atoms with Crippen LogP contribution in [0.25, 0.3) is 10.6 Å². The van der Waals surface area contributed by atoms with Gasteiger partial charge in [0.25, 0.3) is 5.91 Å². The van der Waals surface area contributed by atoms with Crippen LogP contribution in [0.2, 0.25) is 0 Å². The van der Waals surface area contributed by atoms with E-state index in [1.807, 2.05) is 35.2 Å². The number of piperidine rings is 1. The molecule has 1 aliphatic rings. The van der Waals surface area contributed by atoms with Gasteiger partial charge >= 0.3 is 0 Å². The Kier molecular flexibility index (Phi) is 4.71. The second-order valence-electron chi connectivity index (χ2n) is 5.80. The van der Waals surface area contributed by atoms with Gasteiger partial charge in [0, 0.05) is 25.1 Å². The summed E-state index contributed by atoms with van der Waals surface area (Å²) >= 11 is 1.42. The SMILES string of the molecule is NC(=O)CC1CCN(C(=O)c2cnc(-c3ccccc3)s2)CC1. The van der Waals surface area contributed by atoms with Crippen molar-refractivity contribution in [1.29, 1.82) is 0 Å². The van der Waals surface area contributed by atoms with Gasteiger partial charge in [-0.1, -0.05) is 30.3 Å². The van der Waals surface area contributed by atoms with E-state index in [0.29, 0.717) is 30.3 Å². The quantitative estimate of drug-likeness (QED) is 0.936. The highest BCUT2D eigenvalue weighted by molar-refractivity contribution is 7.16. The molecule has 1 aromatic heterocycles. The van der Waals surface area contributed by atoms with E-state index in [4.69, 9.17) is 5.73 Å². The number of nitrogens with two attached hydrogens (primary N) is 1. The minimum absolute atomic E-state index is 0.0298. The van der Waals surface area contributed by atoms with Crippen LogP contribution in [0.3, 0.4) is 0 Å². The average Bonchev–Trinajstić information content (AvgIpc) is 3.05. The number of primary amides is 1. The van der Waals surface area contributed by atoms with Crippen LogP contribution in [0.5, 0.6) is 0 Å². The molecule has 5 nitrogen and oxygen atoms in total. The van der Waals surface area contributed by atoms with Gasteiger partial charge in [-0.25, -0.2) is 4.98 Å². The molecule has 1 aromatic carbocycles. The number of nitrogens with zero attached hydrogens (tertiary/aromatic N) is 2. The van der Waals surface area contributed by atoms with Crippen LogP contribution in [0.1, 0.15) is 28.9 Å². The molecule has 3 rings (SSSR count). The molecule has 0 aliphatic carbocycles. The van der Waals surface area contributed by atoms with Crippen LogP contribution in [0, 0.1) is 5.92 Å². The van der Waals surface area contributed by atoms with Crippen molar-refractivity contribution in [2.45, 2.75) is 19.3 Å². The molecule has 120 valence electrons. The Bertz CT molecular complexity index is 691. The van der Waals surface area contributed by atoms with E-state index in [1.165, 1.54) is 11.3 Å². The molecule has 0 radical (unpaired) electrons. The molecule has 0 spiro atoms. The van der Waals surface area contributed by atoms with Crippen LogP contribution in [-0.2, 0) is 4.79 Å². The van der Waals surface area contributed by atoms with E-state index in [-0.39, 0.29) is 11.8 Å². The maximum atomic E-state index is 12.6. The van der Waals surface area contributed by atoms with Crippen LogP contribution in [0.4, 0.5) is 0 Å². The highest BCUT2D eigenvalue weighted by Crippen LogP contribution is 2.27. The molecular weight excluding hydrogens is 310 g/mol. The molecule has 0 saturated carbocycles. The van der Waals surface area contributed by atoms with Gasteiger partial charge in [-0.05, 0) is 18.8 Å². The van der Waals surface area contributed by atoms with Crippen molar-refractivity contribution in [1.82, 2.24) is 9.88 Å². The van der Waals surface area contributed by atoms with Crippen molar-refractivity contribution in [3.05, 3.63) is 41.4 Å². The Morgan fingerprint density at radius 3 is 2.57 bits per heavy atom. The highest BCUT2D eigenvalue weighted by atomic mass is 32.1. The molecular formula is C17H19N3O2S. The molecule has 6 heteroatoms. The Balaban J connectivity index is 1.63. The summed E-state index contributed by atoms with van der Waals surface area (Å²) in [5, 5.41) is 0.859. The number of hydrogen-bond acceptors (Lipinski definition) is 4. The summed E-state index contributed by atoms with van der Waals surface area (Å²) in [5.41, 5.74) is 6.27. The number of thiazole rings is 1. The minimum atomic E-state index is -0.260. The van der Waals surface area contributed by atoms with Crippen molar-refractivity contribution in [3.63, 3.8) is 0 Å². The first-order valence-electron chi connectivity index (χ1n) is 7.72. The fourth-order valence-electron chi connectivity index (χ4n) is 2.87. The lowest BCUT2D eigenvalue weighted by Crippen LogP contribution is -2.39. The summed E-state index contributed by atoms with van der Waals surface area (Å²) in [6.45, 7) is 1.35. The average molecular weight is 329 g/mol. The van der Waals surface area contributed by atoms with E-state index < -0.39 is 0 Å². The second-order valence-corrected chi connectivity index (χ2v) is 6.83. The third kappa shape index (κ3) is 3.76. The zero-order valence-corrected chi connectivity index (χ0v) is 13.6. The number of carbonyl (C=O) groups excluding carboxylic acids is 2. The van der Waals surface area contributed by atoms with Gasteiger partial charge in [0.1, 0.15) is 9.88 Å². The van der Waals surface area contributed by atoms with Crippen molar-refractivity contribution in [2.75, 3.05) is 13.1 Å². The monoisotopic (exact) mass is 329 g/mol. The number of rotatable bonds is 4. The Labute approximate surface area is 139 Å². The first-order valence-corrected chi connectivity index (χ1v) is 8.54. The molecule has 0 unspecified atom stereocenters. The predicted molar refractivity (Wildman–Crippen MR) is 90.0 cm³/mol. The number of hydrogen-bond donors (Lipinski definition) is 1. The summed E-state index contributed by atoms with van der Waals surface area (Å²) in [4.78, 5) is 30.4. The fourth-order valence-corrected chi connectivity index (χ4v) is 3.76. The number of aromatic nitrogens is 1. The summed E-state index contributed by atoms with van der Waals surface area (Å²) in [6, 6.07) is 9.85. The van der Waals surface area contributed by atoms with Crippen LogP contribution in [0.15, 0.2) is 36.5 Å². The molecule has 0 atom stereocenters. The van der Waals surface area contributed by atoms with E-state index in [9.17, 15) is 9.59 Å². The molecule has 2 amide bonds. The topological polar surface area (TPSA) is 76.3 Å². The van der Waals surface area contributed by atoms with Crippen molar-refractivity contribution in [2.24, 2.45) is 11.7 Å².